The Bertz CT molecular complexity index is 839. The van der Waals surface area contributed by atoms with Crippen molar-refractivity contribution in [3.05, 3.63) is 29.3 Å². The zero-order chi connectivity index (χ0) is 21.1. The van der Waals surface area contributed by atoms with E-state index in [1.165, 1.54) is 0 Å². The highest BCUT2D eigenvalue weighted by atomic mass is 35.5. The summed E-state index contributed by atoms with van der Waals surface area (Å²) in [5, 5.41) is 4.05. The van der Waals surface area contributed by atoms with Gasteiger partial charge < -0.3 is 19.5 Å². The van der Waals surface area contributed by atoms with Crippen LogP contribution < -0.4 is 5.32 Å². The molecule has 5 fully saturated rings. The van der Waals surface area contributed by atoms with Crippen molar-refractivity contribution in [1.29, 1.82) is 0 Å². The van der Waals surface area contributed by atoms with E-state index >= 15 is 0 Å². The van der Waals surface area contributed by atoms with Gasteiger partial charge in [0.15, 0.2) is 11.9 Å². The Hall–Kier alpha value is -0.960. The maximum Gasteiger partial charge on any atom is 0.261 e. The quantitative estimate of drug-likeness (QED) is 0.507. The summed E-state index contributed by atoms with van der Waals surface area (Å²) in [6, 6.07) is 7.31. The van der Waals surface area contributed by atoms with E-state index in [1.807, 2.05) is 19.1 Å². The topological polar surface area (TPSA) is 58.2 Å². The molecule has 7 atom stereocenters. The first-order chi connectivity index (χ1) is 14.2. The molecule has 4 aliphatic heterocycles. The number of anilines is 1. The molecular weight excluding hydrogens is 426 g/mol. The van der Waals surface area contributed by atoms with E-state index in [4.69, 9.17) is 47.8 Å². The van der Waals surface area contributed by atoms with Crippen LogP contribution in [0.5, 0.6) is 0 Å². The van der Waals surface area contributed by atoms with Gasteiger partial charge >= 0.3 is 0 Å². The van der Waals surface area contributed by atoms with Crippen molar-refractivity contribution >= 4 is 34.7 Å². The van der Waals surface area contributed by atoms with Gasteiger partial charge in [-0.25, -0.2) is 9.78 Å². The maximum absolute atomic E-state index is 6.54. The minimum Gasteiger partial charge on any atom is -0.468 e. The zero-order valence-electron chi connectivity index (χ0n) is 17.5. The van der Waals surface area contributed by atoms with E-state index in [2.05, 4.69) is 19.2 Å². The normalized spacial score (nSPS) is 44.3. The van der Waals surface area contributed by atoms with Crippen LogP contribution in [0.4, 0.5) is 5.69 Å². The monoisotopic (exact) mass is 453 g/mol. The highest BCUT2D eigenvalue weighted by molar-refractivity contribution is 7.80. The lowest BCUT2D eigenvalue weighted by atomic mass is 9.60. The molecule has 8 heteroatoms. The number of nitrogens with one attached hydrogen (secondary N) is 1. The fraction of sp³-hybridized carbons (Fsp3) is 0.682. The average molecular weight is 454 g/mol. The van der Waals surface area contributed by atoms with Crippen LogP contribution in [0.25, 0.3) is 0 Å². The minimum atomic E-state index is -0.769. The van der Waals surface area contributed by atoms with E-state index in [1.54, 1.807) is 12.1 Å². The van der Waals surface area contributed by atoms with Gasteiger partial charge in [-0.2, -0.15) is 0 Å². The molecule has 1 aromatic rings. The molecule has 0 radical (unpaired) electrons. The third-order valence-electron chi connectivity index (χ3n) is 7.41. The van der Waals surface area contributed by atoms with Crippen LogP contribution in [0.3, 0.4) is 0 Å². The molecule has 1 saturated carbocycles. The third kappa shape index (κ3) is 3.26. The molecule has 30 heavy (non-hydrogen) atoms. The summed E-state index contributed by atoms with van der Waals surface area (Å²) < 4.78 is 18.8. The molecule has 1 N–H and O–H groups in total. The Morgan fingerprint density at radius 3 is 2.70 bits per heavy atom. The van der Waals surface area contributed by atoms with E-state index < -0.39 is 23.3 Å². The van der Waals surface area contributed by atoms with Gasteiger partial charge in [0.1, 0.15) is 12.2 Å². The summed E-state index contributed by atoms with van der Waals surface area (Å²) in [5.41, 5.74) is -0.374. The van der Waals surface area contributed by atoms with E-state index in [-0.39, 0.29) is 5.92 Å². The summed E-state index contributed by atoms with van der Waals surface area (Å²) in [6.45, 7) is 6.60. The van der Waals surface area contributed by atoms with Crippen molar-refractivity contribution in [3.63, 3.8) is 0 Å². The van der Waals surface area contributed by atoms with Gasteiger partial charge in [0.25, 0.3) is 5.17 Å². The number of benzene rings is 1. The standard InChI is InChI=1S/C22H28ClNO5S/c1-13-4-9-17-20(2,12-25-19(30)24-15-7-5-14(23)6-8-15)26-18-22(17)16(13)10-11-21(3,27-18)28-29-22/h5-8,13,16-18H,4,9-12H2,1-3H3,(H,24,30)/t13-,16+,17?,18-,20-,21-,22-/m1/s1. The van der Waals surface area contributed by atoms with Crippen LogP contribution in [0.15, 0.2) is 24.3 Å². The summed E-state index contributed by atoms with van der Waals surface area (Å²) in [5.74, 6) is 0.175. The molecule has 1 aliphatic carbocycles. The number of rotatable bonds is 3. The van der Waals surface area contributed by atoms with Gasteiger partial charge in [-0.05, 0) is 81.4 Å². The fourth-order valence-electron chi connectivity index (χ4n) is 5.84. The van der Waals surface area contributed by atoms with Crippen molar-refractivity contribution in [2.24, 2.45) is 17.8 Å². The molecule has 4 heterocycles. The predicted octanol–water partition coefficient (Wildman–Crippen LogP) is 5.06. The lowest BCUT2D eigenvalue weighted by Crippen LogP contribution is -2.62. The number of hydrogen-bond acceptors (Lipinski definition) is 6. The van der Waals surface area contributed by atoms with Gasteiger partial charge in [-0.3, -0.25) is 0 Å². The SMILES string of the molecule is C[C@@H]1CCC2[C@]34OO[C@](C)(CC[C@@H]13)O[C@H]4O[C@]2(C)COC(=S)Nc1ccc(Cl)cc1. The Kier molecular flexibility index (Phi) is 5.08. The molecule has 0 aromatic heterocycles. The second kappa shape index (κ2) is 7.29. The highest BCUT2D eigenvalue weighted by Gasteiger charge is 2.74. The number of thiocarbonyl (C=S) groups is 1. The lowest BCUT2D eigenvalue weighted by Gasteiger charge is -2.50. The minimum absolute atomic E-state index is 0.0946. The van der Waals surface area contributed by atoms with Crippen molar-refractivity contribution in [1.82, 2.24) is 0 Å². The van der Waals surface area contributed by atoms with Crippen LogP contribution in [0, 0.1) is 17.8 Å². The highest BCUT2D eigenvalue weighted by Crippen LogP contribution is 2.63. The molecule has 164 valence electrons. The van der Waals surface area contributed by atoms with Crippen molar-refractivity contribution < 1.29 is 24.0 Å². The van der Waals surface area contributed by atoms with Crippen LogP contribution >= 0.6 is 23.8 Å². The molecule has 1 unspecified atom stereocenters. The third-order valence-corrected chi connectivity index (χ3v) is 7.88. The van der Waals surface area contributed by atoms with Gasteiger partial charge in [0.2, 0.25) is 5.79 Å². The Labute approximate surface area is 187 Å². The molecule has 4 saturated heterocycles. The van der Waals surface area contributed by atoms with Crippen molar-refractivity contribution in [3.8, 4) is 0 Å². The Morgan fingerprint density at radius 2 is 1.93 bits per heavy atom. The molecule has 1 aromatic carbocycles. The van der Waals surface area contributed by atoms with Crippen LogP contribution in [-0.4, -0.2) is 35.1 Å². The second-order valence-electron chi connectivity index (χ2n) is 9.49. The average Bonchev–Trinajstić information content (AvgIpc) is 2.79. The Balaban J connectivity index is 1.34. The predicted molar refractivity (Wildman–Crippen MR) is 116 cm³/mol. The Morgan fingerprint density at radius 1 is 1.17 bits per heavy atom. The molecule has 1 spiro atoms. The van der Waals surface area contributed by atoms with Crippen LogP contribution in [-0.2, 0) is 24.0 Å². The first kappa shape index (κ1) is 20.9. The van der Waals surface area contributed by atoms with Crippen LogP contribution in [0.1, 0.15) is 46.5 Å². The molecule has 6 rings (SSSR count). The van der Waals surface area contributed by atoms with Gasteiger partial charge in [-0.15, -0.1) is 0 Å². The van der Waals surface area contributed by atoms with Gasteiger partial charge in [-0.1, -0.05) is 18.5 Å². The largest absolute Gasteiger partial charge is 0.468 e. The summed E-state index contributed by atoms with van der Waals surface area (Å²) in [4.78, 5) is 12.0. The molecule has 6 nitrogen and oxygen atoms in total. The number of fused-ring (bicyclic) bond motifs is 2. The maximum atomic E-state index is 6.54. The van der Waals surface area contributed by atoms with Crippen molar-refractivity contribution in [2.75, 3.05) is 11.9 Å². The van der Waals surface area contributed by atoms with E-state index in [9.17, 15) is 0 Å². The summed E-state index contributed by atoms with van der Waals surface area (Å²) in [7, 11) is 0. The van der Waals surface area contributed by atoms with Gasteiger partial charge in [0, 0.05) is 23.0 Å². The zero-order valence-corrected chi connectivity index (χ0v) is 19.1. The summed E-state index contributed by atoms with van der Waals surface area (Å²) >= 11 is 11.3. The first-order valence-electron chi connectivity index (χ1n) is 10.7. The van der Waals surface area contributed by atoms with E-state index in [0.717, 1.165) is 31.4 Å². The molecular formula is C22H28ClNO5S. The molecule has 5 aliphatic rings. The smallest absolute Gasteiger partial charge is 0.261 e. The lowest BCUT2D eigenvalue weighted by molar-refractivity contribution is -0.541. The first-order valence-corrected chi connectivity index (χ1v) is 11.4. The molecule has 0 amide bonds. The fourth-order valence-corrected chi connectivity index (χ4v) is 6.14. The molecule has 2 bridgehead atoms. The van der Waals surface area contributed by atoms with Gasteiger partial charge in [0.05, 0.1) is 0 Å². The second-order valence-corrected chi connectivity index (χ2v) is 10.3. The van der Waals surface area contributed by atoms with Crippen molar-refractivity contribution in [2.45, 2.75) is 69.7 Å². The number of ether oxygens (including phenoxy) is 3. The number of halogens is 1. The van der Waals surface area contributed by atoms with Crippen LogP contribution in [0.2, 0.25) is 5.02 Å². The number of hydrogen-bond donors (Lipinski definition) is 1. The summed E-state index contributed by atoms with van der Waals surface area (Å²) in [6.07, 6.45) is 3.42. The van der Waals surface area contributed by atoms with E-state index in [0.29, 0.717) is 28.6 Å².